The molecular weight excluding hydrogens is 276 g/mol. The number of hydrazone groups is 1. The average molecular weight is 292 g/mol. The van der Waals surface area contributed by atoms with Crippen LogP contribution in [0, 0.1) is 10.1 Å². The maximum atomic E-state index is 11.6. The number of carbonyl (C=O) groups excluding carboxylic acids is 2. The van der Waals surface area contributed by atoms with Gasteiger partial charge in [0.2, 0.25) is 0 Å². The third-order valence-electron chi connectivity index (χ3n) is 2.73. The number of carbonyl (C=O) groups is 2. The zero-order chi connectivity index (χ0) is 15.8. The predicted octanol–water partition coefficient (Wildman–Crippen LogP) is 0.913. The van der Waals surface area contributed by atoms with Crippen molar-refractivity contribution in [2.75, 3.05) is 13.1 Å². The second-order valence-corrected chi connectivity index (χ2v) is 4.03. The van der Waals surface area contributed by atoms with Crippen molar-refractivity contribution >= 4 is 23.7 Å². The Labute approximate surface area is 121 Å². The Morgan fingerprint density at radius 1 is 1.29 bits per heavy atom. The van der Waals surface area contributed by atoms with E-state index >= 15 is 0 Å². The van der Waals surface area contributed by atoms with E-state index in [1.165, 1.54) is 35.4 Å². The number of nitro benzene ring substituents is 1. The van der Waals surface area contributed by atoms with Crippen LogP contribution in [0.4, 0.5) is 5.69 Å². The number of hydrogen-bond donors (Lipinski definition) is 1. The lowest BCUT2D eigenvalue weighted by atomic mass is 10.2. The van der Waals surface area contributed by atoms with Gasteiger partial charge in [0.15, 0.2) is 0 Å². The molecule has 1 aromatic rings. The number of nitrogens with zero attached hydrogens (tertiary/aromatic N) is 3. The molecule has 0 fully saturated rings. The van der Waals surface area contributed by atoms with Crippen molar-refractivity contribution in [2.45, 2.75) is 13.8 Å². The summed E-state index contributed by atoms with van der Waals surface area (Å²) in [5.74, 6) is -1.47. The number of benzene rings is 1. The average Bonchev–Trinajstić information content (AvgIpc) is 2.48. The Morgan fingerprint density at radius 2 is 1.86 bits per heavy atom. The molecule has 0 radical (unpaired) electrons. The molecular formula is C13H16N4O4. The first kappa shape index (κ1) is 16.3. The molecule has 0 spiro atoms. The van der Waals surface area contributed by atoms with Crippen LogP contribution in [0.2, 0.25) is 0 Å². The Balaban J connectivity index is 2.59. The molecule has 0 saturated carbocycles. The van der Waals surface area contributed by atoms with Gasteiger partial charge in [-0.25, -0.2) is 5.43 Å². The number of amides is 2. The van der Waals surface area contributed by atoms with Crippen molar-refractivity contribution in [1.29, 1.82) is 0 Å². The molecule has 1 rings (SSSR count). The molecule has 1 N–H and O–H groups in total. The lowest BCUT2D eigenvalue weighted by Crippen LogP contribution is -2.41. The standard InChI is InChI=1S/C13H16N4O4/c1-3-16(4-2)13(19)12(18)15-14-9-10-5-7-11(8-6-10)17(20)21/h5-9H,3-4H2,1-2H3,(H,15,18). The smallest absolute Gasteiger partial charge is 0.329 e. The molecule has 0 heterocycles. The Morgan fingerprint density at radius 3 is 2.33 bits per heavy atom. The van der Waals surface area contributed by atoms with Gasteiger partial charge in [0, 0.05) is 25.2 Å². The maximum Gasteiger partial charge on any atom is 0.329 e. The summed E-state index contributed by atoms with van der Waals surface area (Å²) >= 11 is 0. The summed E-state index contributed by atoms with van der Waals surface area (Å²) in [5, 5.41) is 14.1. The van der Waals surface area contributed by atoms with E-state index in [1.54, 1.807) is 13.8 Å². The van der Waals surface area contributed by atoms with Gasteiger partial charge in [-0.15, -0.1) is 0 Å². The van der Waals surface area contributed by atoms with Gasteiger partial charge < -0.3 is 4.90 Å². The lowest BCUT2D eigenvalue weighted by Gasteiger charge is -2.16. The van der Waals surface area contributed by atoms with Gasteiger partial charge in [-0.05, 0) is 31.5 Å². The van der Waals surface area contributed by atoms with Crippen LogP contribution >= 0.6 is 0 Å². The molecule has 0 unspecified atom stereocenters. The highest BCUT2D eigenvalue weighted by Crippen LogP contribution is 2.10. The van der Waals surface area contributed by atoms with Crippen molar-refractivity contribution in [2.24, 2.45) is 5.10 Å². The molecule has 21 heavy (non-hydrogen) atoms. The predicted molar refractivity (Wildman–Crippen MR) is 76.8 cm³/mol. The number of non-ortho nitro benzene ring substituents is 1. The van der Waals surface area contributed by atoms with Gasteiger partial charge >= 0.3 is 11.8 Å². The van der Waals surface area contributed by atoms with Crippen molar-refractivity contribution in [3.8, 4) is 0 Å². The molecule has 0 aromatic heterocycles. The summed E-state index contributed by atoms with van der Waals surface area (Å²) in [4.78, 5) is 34.5. The fourth-order valence-corrected chi connectivity index (χ4v) is 1.55. The molecule has 112 valence electrons. The fourth-order valence-electron chi connectivity index (χ4n) is 1.55. The highest BCUT2D eigenvalue weighted by atomic mass is 16.6. The van der Waals surface area contributed by atoms with Gasteiger partial charge in [-0.1, -0.05) is 0 Å². The Bertz CT molecular complexity index is 550. The van der Waals surface area contributed by atoms with Crippen molar-refractivity contribution < 1.29 is 14.5 Å². The van der Waals surface area contributed by atoms with Crippen molar-refractivity contribution in [1.82, 2.24) is 10.3 Å². The minimum absolute atomic E-state index is 0.0344. The number of nitro groups is 1. The molecule has 0 aliphatic heterocycles. The first-order valence-electron chi connectivity index (χ1n) is 6.36. The number of rotatable bonds is 5. The zero-order valence-corrected chi connectivity index (χ0v) is 11.8. The summed E-state index contributed by atoms with van der Waals surface area (Å²) in [7, 11) is 0. The van der Waals surface area contributed by atoms with Crippen LogP contribution in [-0.4, -0.2) is 40.9 Å². The van der Waals surface area contributed by atoms with Crippen LogP contribution in [0.15, 0.2) is 29.4 Å². The quantitative estimate of drug-likeness (QED) is 0.377. The van der Waals surface area contributed by atoms with E-state index in [1.807, 2.05) is 0 Å². The second kappa shape index (κ2) is 7.73. The van der Waals surface area contributed by atoms with Crippen LogP contribution in [0.3, 0.4) is 0 Å². The van der Waals surface area contributed by atoms with Crippen molar-refractivity contribution in [3.63, 3.8) is 0 Å². The van der Waals surface area contributed by atoms with Gasteiger partial charge in [0.05, 0.1) is 11.1 Å². The van der Waals surface area contributed by atoms with Gasteiger partial charge in [-0.3, -0.25) is 19.7 Å². The monoisotopic (exact) mass is 292 g/mol. The SMILES string of the molecule is CCN(CC)C(=O)C(=O)NN=Cc1ccc([N+](=O)[O-])cc1. The Kier molecular flexibility index (Phi) is 5.99. The van der Waals surface area contributed by atoms with Crippen LogP contribution < -0.4 is 5.43 Å². The van der Waals surface area contributed by atoms with E-state index in [4.69, 9.17) is 0 Å². The highest BCUT2D eigenvalue weighted by Gasteiger charge is 2.18. The van der Waals surface area contributed by atoms with Crippen LogP contribution in [-0.2, 0) is 9.59 Å². The van der Waals surface area contributed by atoms with Gasteiger partial charge in [0.25, 0.3) is 5.69 Å². The highest BCUT2D eigenvalue weighted by molar-refractivity contribution is 6.34. The zero-order valence-electron chi connectivity index (χ0n) is 11.8. The fraction of sp³-hybridized carbons (Fsp3) is 0.308. The Hall–Kier alpha value is -2.77. The van der Waals surface area contributed by atoms with E-state index in [0.717, 1.165) is 0 Å². The summed E-state index contributed by atoms with van der Waals surface area (Å²) < 4.78 is 0. The van der Waals surface area contributed by atoms with E-state index in [-0.39, 0.29) is 5.69 Å². The molecule has 0 bridgehead atoms. The molecule has 8 heteroatoms. The molecule has 0 atom stereocenters. The topological polar surface area (TPSA) is 105 Å². The molecule has 2 amide bonds. The molecule has 1 aromatic carbocycles. The molecule has 0 aliphatic rings. The summed E-state index contributed by atoms with van der Waals surface area (Å²) in [6.07, 6.45) is 1.30. The van der Waals surface area contributed by atoms with Crippen LogP contribution in [0.25, 0.3) is 0 Å². The van der Waals surface area contributed by atoms with Crippen LogP contribution in [0.5, 0.6) is 0 Å². The van der Waals surface area contributed by atoms with Gasteiger partial charge in [-0.2, -0.15) is 5.10 Å². The third kappa shape index (κ3) is 4.68. The van der Waals surface area contributed by atoms with Crippen molar-refractivity contribution in [3.05, 3.63) is 39.9 Å². The van der Waals surface area contributed by atoms with E-state index in [0.29, 0.717) is 18.7 Å². The first-order valence-corrected chi connectivity index (χ1v) is 6.36. The molecule has 8 nitrogen and oxygen atoms in total. The maximum absolute atomic E-state index is 11.6. The summed E-state index contributed by atoms with van der Waals surface area (Å²) in [6.45, 7) is 4.42. The van der Waals surface area contributed by atoms with E-state index < -0.39 is 16.7 Å². The van der Waals surface area contributed by atoms with Crippen LogP contribution in [0.1, 0.15) is 19.4 Å². The number of nitrogens with one attached hydrogen (secondary N) is 1. The number of likely N-dealkylation sites (N-methyl/N-ethyl adjacent to an activating group) is 1. The minimum atomic E-state index is -0.822. The lowest BCUT2D eigenvalue weighted by molar-refractivity contribution is -0.384. The third-order valence-corrected chi connectivity index (χ3v) is 2.73. The van der Waals surface area contributed by atoms with E-state index in [2.05, 4.69) is 10.5 Å². The van der Waals surface area contributed by atoms with Gasteiger partial charge in [0.1, 0.15) is 0 Å². The number of hydrogen-bond acceptors (Lipinski definition) is 5. The largest absolute Gasteiger partial charge is 0.335 e. The van der Waals surface area contributed by atoms with E-state index in [9.17, 15) is 19.7 Å². The summed E-state index contributed by atoms with van der Waals surface area (Å²) in [6, 6.07) is 5.62. The normalized spacial score (nSPS) is 10.4. The minimum Gasteiger partial charge on any atom is -0.335 e. The second-order valence-electron chi connectivity index (χ2n) is 4.03. The first-order chi connectivity index (χ1) is 9.99. The molecule has 0 saturated heterocycles. The molecule has 0 aliphatic carbocycles. The summed E-state index contributed by atoms with van der Waals surface area (Å²) in [5.41, 5.74) is 2.65.